The molecule has 2 atom stereocenters. The third kappa shape index (κ3) is 5.53. The number of hydrogen-bond acceptors (Lipinski definition) is 4. The molecule has 2 aliphatic rings. The first-order valence-electron chi connectivity index (χ1n) is 9.28. The Bertz CT molecular complexity index is 761. The zero-order valence-corrected chi connectivity index (χ0v) is 16.5. The number of benzene rings is 1. The number of nitrogens with zero attached hydrogens (tertiary/aromatic N) is 2. The Morgan fingerprint density at radius 3 is 2.38 bits per heavy atom. The molecule has 1 N–H and O–H groups in total. The topological polar surface area (TPSA) is 71.1 Å². The van der Waals surface area contributed by atoms with Gasteiger partial charge in [0.25, 0.3) is 0 Å². The lowest BCUT2D eigenvalue weighted by molar-refractivity contribution is -0.274. The number of halogens is 3. The van der Waals surface area contributed by atoms with Gasteiger partial charge in [-0.1, -0.05) is 0 Å². The number of anilines is 1. The Morgan fingerprint density at radius 2 is 1.83 bits per heavy atom. The molecule has 2 saturated heterocycles. The minimum atomic E-state index is -4.76. The second-order valence-corrected chi connectivity index (χ2v) is 8.14. The molecule has 10 heteroatoms. The normalized spacial score (nSPS) is 22.1. The average molecular weight is 415 g/mol. The van der Waals surface area contributed by atoms with Gasteiger partial charge < -0.3 is 19.7 Å². The highest BCUT2D eigenvalue weighted by Gasteiger charge is 2.45. The van der Waals surface area contributed by atoms with Crippen LogP contribution in [0, 0.1) is 0 Å². The van der Waals surface area contributed by atoms with E-state index in [2.05, 4.69) is 10.1 Å². The van der Waals surface area contributed by atoms with E-state index in [0.717, 1.165) is 0 Å². The molecule has 3 amide bonds. The standard InChI is InChI=1S/C19H24F3N3O4/c1-18(2,3)28-11-16(26)23-12-8-14-10-25(17(27)24(14)9-12)13-4-6-15(7-5-13)29-19(20,21)22/h4-7,12,14H,8-11H2,1-3H3,(H,23,26)/t12-,14+/m1/s1. The minimum Gasteiger partial charge on any atom is -0.406 e. The number of fused-ring (bicyclic) bond motifs is 1. The maximum Gasteiger partial charge on any atom is 0.573 e. The van der Waals surface area contributed by atoms with Gasteiger partial charge in [0.1, 0.15) is 12.4 Å². The van der Waals surface area contributed by atoms with Gasteiger partial charge >= 0.3 is 12.4 Å². The van der Waals surface area contributed by atoms with Crippen molar-refractivity contribution >= 4 is 17.6 Å². The van der Waals surface area contributed by atoms with Gasteiger partial charge in [-0.2, -0.15) is 0 Å². The summed E-state index contributed by atoms with van der Waals surface area (Å²) in [6.07, 6.45) is -4.15. The van der Waals surface area contributed by atoms with Crippen LogP contribution in [0.4, 0.5) is 23.7 Å². The summed E-state index contributed by atoms with van der Waals surface area (Å²) >= 11 is 0. The fraction of sp³-hybridized carbons (Fsp3) is 0.579. The molecule has 0 aliphatic carbocycles. The third-order valence-corrected chi connectivity index (χ3v) is 4.67. The quantitative estimate of drug-likeness (QED) is 0.803. The molecular formula is C19H24F3N3O4. The van der Waals surface area contributed by atoms with Crippen LogP contribution in [-0.4, -0.2) is 60.6 Å². The monoisotopic (exact) mass is 415 g/mol. The molecule has 2 aliphatic heterocycles. The van der Waals surface area contributed by atoms with Crippen LogP contribution in [0.1, 0.15) is 27.2 Å². The molecule has 2 heterocycles. The van der Waals surface area contributed by atoms with Crippen LogP contribution in [0.25, 0.3) is 0 Å². The van der Waals surface area contributed by atoms with Gasteiger partial charge in [0, 0.05) is 24.8 Å². The first-order valence-corrected chi connectivity index (χ1v) is 9.28. The largest absolute Gasteiger partial charge is 0.573 e. The van der Waals surface area contributed by atoms with Crippen LogP contribution in [0.15, 0.2) is 24.3 Å². The predicted octanol–water partition coefficient (Wildman–Crippen LogP) is 2.90. The second kappa shape index (κ2) is 7.74. The van der Waals surface area contributed by atoms with E-state index in [-0.39, 0.29) is 36.4 Å². The lowest BCUT2D eigenvalue weighted by atomic mass is 10.1. The van der Waals surface area contributed by atoms with Gasteiger partial charge in [-0.25, -0.2) is 4.79 Å². The van der Waals surface area contributed by atoms with Gasteiger partial charge in [0.15, 0.2) is 0 Å². The maximum atomic E-state index is 12.7. The minimum absolute atomic E-state index is 0.0446. The molecule has 0 unspecified atom stereocenters. The fourth-order valence-corrected chi connectivity index (χ4v) is 3.47. The second-order valence-electron chi connectivity index (χ2n) is 8.14. The third-order valence-electron chi connectivity index (χ3n) is 4.67. The molecule has 0 aromatic heterocycles. The zero-order valence-electron chi connectivity index (χ0n) is 16.5. The number of carbonyl (C=O) groups excluding carboxylic acids is 2. The van der Waals surface area contributed by atoms with Crippen molar-refractivity contribution in [2.45, 2.75) is 51.2 Å². The number of alkyl halides is 3. The molecule has 0 radical (unpaired) electrons. The highest BCUT2D eigenvalue weighted by molar-refractivity contribution is 5.95. The Kier molecular flexibility index (Phi) is 5.66. The molecule has 160 valence electrons. The average Bonchev–Trinajstić information content (AvgIpc) is 3.11. The van der Waals surface area contributed by atoms with Crippen molar-refractivity contribution in [3.8, 4) is 5.75 Å². The Labute approximate surface area is 166 Å². The van der Waals surface area contributed by atoms with Gasteiger partial charge in [-0.05, 0) is 51.5 Å². The number of nitrogens with one attached hydrogen (secondary N) is 1. The van der Waals surface area contributed by atoms with Crippen LogP contribution >= 0.6 is 0 Å². The van der Waals surface area contributed by atoms with Crippen molar-refractivity contribution in [1.82, 2.24) is 10.2 Å². The van der Waals surface area contributed by atoms with Crippen LogP contribution < -0.4 is 15.0 Å². The maximum absolute atomic E-state index is 12.7. The summed E-state index contributed by atoms with van der Waals surface area (Å²) in [5, 5.41) is 2.88. The summed E-state index contributed by atoms with van der Waals surface area (Å²) < 4.78 is 46.1. The molecule has 1 aromatic rings. The summed E-state index contributed by atoms with van der Waals surface area (Å²) in [7, 11) is 0. The molecular weight excluding hydrogens is 391 g/mol. The van der Waals surface area contributed by atoms with Crippen LogP contribution in [0.2, 0.25) is 0 Å². The fourth-order valence-electron chi connectivity index (χ4n) is 3.47. The molecule has 1 aromatic carbocycles. The van der Waals surface area contributed by atoms with Gasteiger partial charge in [-0.3, -0.25) is 9.69 Å². The van der Waals surface area contributed by atoms with Gasteiger partial charge in [-0.15, -0.1) is 13.2 Å². The van der Waals surface area contributed by atoms with Gasteiger partial charge in [0.2, 0.25) is 5.91 Å². The Hall–Kier alpha value is -2.49. The molecule has 3 rings (SSSR count). The SMILES string of the molecule is CC(C)(C)OCC(=O)N[C@@H]1C[C@H]2CN(c3ccc(OC(F)(F)F)cc3)C(=O)N2C1. The van der Waals surface area contributed by atoms with E-state index < -0.39 is 12.0 Å². The van der Waals surface area contributed by atoms with E-state index in [0.29, 0.717) is 25.2 Å². The first-order chi connectivity index (χ1) is 13.4. The van der Waals surface area contributed by atoms with Crippen molar-refractivity contribution in [1.29, 1.82) is 0 Å². The number of rotatable bonds is 5. The molecule has 0 bridgehead atoms. The summed E-state index contributed by atoms with van der Waals surface area (Å²) in [6.45, 7) is 6.33. The molecule has 7 nitrogen and oxygen atoms in total. The summed E-state index contributed by atoms with van der Waals surface area (Å²) in [5.74, 6) is -0.565. The number of ether oxygens (including phenoxy) is 2. The number of carbonyl (C=O) groups is 2. The van der Waals surface area contributed by atoms with E-state index >= 15 is 0 Å². The number of hydrogen-bond donors (Lipinski definition) is 1. The molecule has 2 fully saturated rings. The van der Waals surface area contributed by atoms with E-state index in [1.165, 1.54) is 29.2 Å². The number of urea groups is 1. The molecule has 29 heavy (non-hydrogen) atoms. The zero-order chi connectivity index (χ0) is 21.4. The van der Waals surface area contributed by atoms with Crippen molar-refractivity contribution in [2.24, 2.45) is 0 Å². The van der Waals surface area contributed by atoms with E-state index in [4.69, 9.17) is 4.74 Å². The summed E-state index contributed by atoms with van der Waals surface area (Å²) in [5.41, 5.74) is 0.0857. The smallest absolute Gasteiger partial charge is 0.406 e. The van der Waals surface area contributed by atoms with Crippen LogP contribution in [0.5, 0.6) is 5.75 Å². The lowest BCUT2D eigenvalue weighted by Gasteiger charge is -2.22. The predicted molar refractivity (Wildman–Crippen MR) is 98.6 cm³/mol. The van der Waals surface area contributed by atoms with Crippen molar-refractivity contribution in [3.63, 3.8) is 0 Å². The van der Waals surface area contributed by atoms with Crippen molar-refractivity contribution in [3.05, 3.63) is 24.3 Å². The summed E-state index contributed by atoms with van der Waals surface area (Å²) in [4.78, 5) is 27.9. The first kappa shape index (κ1) is 21.2. The van der Waals surface area contributed by atoms with Gasteiger partial charge in [0.05, 0.1) is 11.6 Å². The van der Waals surface area contributed by atoms with Crippen molar-refractivity contribution in [2.75, 3.05) is 24.6 Å². The highest BCUT2D eigenvalue weighted by Crippen LogP contribution is 2.32. The van der Waals surface area contributed by atoms with E-state index in [1.807, 2.05) is 20.8 Å². The number of amides is 3. The lowest BCUT2D eigenvalue weighted by Crippen LogP contribution is -2.42. The summed E-state index contributed by atoms with van der Waals surface area (Å²) in [6, 6.07) is 4.75. The van der Waals surface area contributed by atoms with E-state index in [9.17, 15) is 22.8 Å². The molecule has 0 spiro atoms. The van der Waals surface area contributed by atoms with Crippen LogP contribution in [0.3, 0.4) is 0 Å². The van der Waals surface area contributed by atoms with E-state index in [1.54, 1.807) is 4.90 Å². The van der Waals surface area contributed by atoms with Crippen molar-refractivity contribution < 1.29 is 32.2 Å². The highest BCUT2D eigenvalue weighted by atomic mass is 19.4. The molecule has 0 saturated carbocycles. The Balaban J connectivity index is 1.54. The van der Waals surface area contributed by atoms with Crippen LogP contribution in [-0.2, 0) is 9.53 Å². The Morgan fingerprint density at radius 1 is 1.17 bits per heavy atom.